The van der Waals surface area contributed by atoms with Crippen LogP contribution in [0.3, 0.4) is 0 Å². The molecule has 0 fully saturated rings. The summed E-state index contributed by atoms with van der Waals surface area (Å²) in [6.45, 7) is 7.98. The summed E-state index contributed by atoms with van der Waals surface area (Å²) in [7, 11) is 1.95. The fraction of sp³-hybridized carbons (Fsp3) is 0.571. The first-order chi connectivity index (χ1) is 9.13. The van der Waals surface area contributed by atoms with Gasteiger partial charge in [-0.25, -0.2) is 0 Å². The maximum atomic E-state index is 4.60. The van der Waals surface area contributed by atoms with E-state index in [1.54, 1.807) is 0 Å². The molecular formula is C14H23N5. The van der Waals surface area contributed by atoms with Crippen molar-refractivity contribution in [2.75, 3.05) is 7.05 Å². The van der Waals surface area contributed by atoms with Crippen LogP contribution in [0.1, 0.15) is 43.3 Å². The van der Waals surface area contributed by atoms with Crippen LogP contribution < -0.4 is 5.32 Å². The lowest BCUT2D eigenvalue weighted by Gasteiger charge is -2.08. The van der Waals surface area contributed by atoms with Gasteiger partial charge in [-0.15, -0.1) is 0 Å². The normalized spacial score (nSPS) is 12.8. The molecule has 1 atom stereocenters. The van der Waals surface area contributed by atoms with Gasteiger partial charge in [0.05, 0.1) is 17.9 Å². The Balaban J connectivity index is 2.08. The average molecular weight is 261 g/mol. The molecule has 1 N–H and O–H groups in total. The van der Waals surface area contributed by atoms with E-state index < -0.39 is 0 Å². The largest absolute Gasteiger partial charge is 0.316 e. The molecule has 0 saturated carbocycles. The maximum Gasteiger partial charge on any atom is 0.0850 e. The minimum absolute atomic E-state index is 0.452. The van der Waals surface area contributed by atoms with Gasteiger partial charge in [0.1, 0.15) is 0 Å². The Morgan fingerprint density at radius 1 is 1.37 bits per heavy atom. The highest BCUT2D eigenvalue weighted by Gasteiger charge is 2.08. The zero-order chi connectivity index (χ0) is 13.8. The minimum Gasteiger partial charge on any atom is -0.316 e. The Labute approximate surface area is 114 Å². The van der Waals surface area contributed by atoms with E-state index in [9.17, 15) is 0 Å². The van der Waals surface area contributed by atoms with Crippen molar-refractivity contribution in [1.82, 2.24) is 24.9 Å². The summed E-state index contributed by atoms with van der Waals surface area (Å²) in [5.74, 6) is 0. The number of rotatable bonds is 6. The van der Waals surface area contributed by atoms with Crippen molar-refractivity contribution in [2.45, 2.75) is 46.3 Å². The Morgan fingerprint density at radius 2 is 2.16 bits per heavy atom. The van der Waals surface area contributed by atoms with E-state index in [1.165, 1.54) is 5.56 Å². The number of aryl methyl sites for hydroxylation is 1. The van der Waals surface area contributed by atoms with Crippen LogP contribution in [0.2, 0.25) is 0 Å². The molecule has 0 radical (unpaired) electrons. The molecule has 2 aromatic rings. The number of nitrogens with one attached hydrogen (secondary N) is 1. The smallest absolute Gasteiger partial charge is 0.0850 e. The summed E-state index contributed by atoms with van der Waals surface area (Å²) >= 11 is 0. The molecule has 2 heterocycles. The molecule has 19 heavy (non-hydrogen) atoms. The summed E-state index contributed by atoms with van der Waals surface area (Å²) in [4.78, 5) is 0. The summed E-state index contributed by atoms with van der Waals surface area (Å²) in [5.41, 5.74) is 3.37. The van der Waals surface area contributed by atoms with Gasteiger partial charge in [-0.05, 0) is 33.4 Å². The molecular weight excluding hydrogens is 238 g/mol. The Morgan fingerprint density at radius 3 is 2.84 bits per heavy atom. The summed E-state index contributed by atoms with van der Waals surface area (Å²) in [5, 5.41) is 12.3. The monoisotopic (exact) mass is 261 g/mol. The third kappa shape index (κ3) is 3.23. The highest BCUT2D eigenvalue weighted by molar-refractivity contribution is 5.15. The van der Waals surface area contributed by atoms with Crippen LogP contribution in [-0.4, -0.2) is 26.6 Å². The quantitative estimate of drug-likeness (QED) is 0.866. The van der Waals surface area contributed by atoms with E-state index >= 15 is 0 Å². The molecule has 0 saturated heterocycles. The standard InChI is InChI=1S/C14H23N5/c1-5-11(2)19-7-6-14(17-19)10-18-9-13(8-15-4)12(3)16-18/h6-7,9,11,15H,5,8,10H2,1-4H3. The Hall–Kier alpha value is -1.62. The second-order valence-electron chi connectivity index (χ2n) is 5.01. The number of hydrogen-bond acceptors (Lipinski definition) is 3. The highest BCUT2D eigenvalue weighted by Crippen LogP contribution is 2.11. The van der Waals surface area contributed by atoms with Crippen LogP contribution in [0, 0.1) is 6.92 Å². The van der Waals surface area contributed by atoms with E-state index in [1.807, 2.05) is 29.5 Å². The van der Waals surface area contributed by atoms with E-state index in [2.05, 4.69) is 41.6 Å². The van der Waals surface area contributed by atoms with Crippen LogP contribution >= 0.6 is 0 Å². The van der Waals surface area contributed by atoms with Crippen molar-refractivity contribution in [3.8, 4) is 0 Å². The topological polar surface area (TPSA) is 47.7 Å². The molecule has 1 unspecified atom stereocenters. The second-order valence-corrected chi connectivity index (χ2v) is 5.01. The highest BCUT2D eigenvalue weighted by atomic mass is 15.3. The summed E-state index contributed by atoms with van der Waals surface area (Å²) in [6, 6.07) is 2.52. The molecule has 0 spiro atoms. The van der Waals surface area contributed by atoms with Gasteiger partial charge in [0.2, 0.25) is 0 Å². The molecule has 5 nitrogen and oxygen atoms in total. The number of hydrogen-bond donors (Lipinski definition) is 1. The van der Waals surface area contributed by atoms with E-state index in [0.29, 0.717) is 6.04 Å². The lowest BCUT2D eigenvalue weighted by Crippen LogP contribution is -2.07. The van der Waals surface area contributed by atoms with Crippen molar-refractivity contribution in [3.05, 3.63) is 35.4 Å². The van der Waals surface area contributed by atoms with Crippen LogP contribution in [-0.2, 0) is 13.1 Å². The average Bonchev–Trinajstić information content (AvgIpc) is 2.97. The van der Waals surface area contributed by atoms with Gasteiger partial charge in [0.25, 0.3) is 0 Å². The lowest BCUT2D eigenvalue weighted by atomic mass is 10.3. The first-order valence-corrected chi connectivity index (χ1v) is 6.85. The zero-order valence-electron chi connectivity index (χ0n) is 12.2. The van der Waals surface area contributed by atoms with Gasteiger partial charge in [-0.2, -0.15) is 10.2 Å². The molecule has 2 rings (SSSR count). The maximum absolute atomic E-state index is 4.60. The van der Waals surface area contributed by atoms with Crippen LogP contribution in [0.25, 0.3) is 0 Å². The van der Waals surface area contributed by atoms with E-state index in [4.69, 9.17) is 0 Å². The van der Waals surface area contributed by atoms with Gasteiger partial charge in [-0.3, -0.25) is 9.36 Å². The fourth-order valence-electron chi connectivity index (χ4n) is 2.06. The molecule has 0 amide bonds. The van der Waals surface area contributed by atoms with Gasteiger partial charge >= 0.3 is 0 Å². The molecule has 0 aromatic carbocycles. The van der Waals surface area contributed by atoms with Crippen molar-refractivity contribution >= 4 is 0 Å². The third-order valence-electron chi connectivity index (χ3n) is 3.45. The molecule has 5 heteroatoms. The first-order valence-electron chi connectivity index (χ1n) is 6.85. The predicted molar refractivity (Wildman–Crippen MR) is 76.1 cm³/mol. The van der Waals surface area contributed by atoms with Gasteiger partial charge in [0.15, 0.2) is 0 Å². The molecule has 2 aromatic heterocycles. The number of nitrogens with zero attached hydrogens (tertiary/aromatic N) is 4. The summed E-state index contributed by atoms with van der Waals surface area (Å²) < 4.78 is 3.99. The Kier molecular flexibility index (Phi) is 4.37. The van der Waals surface area contributed by atoms with Crippen molar-refractivity contribution < 1.29 is 0 Å². The molecule has 0 aliphatic heterocycles. The molecule has 0 aliphatic rings. The van der Waals surface area contributed by atoms with Crippen LogP contribution in [0.15, 0.2) is 18.5 Å². The SMILES string of the molecule is CCC(C)n1ccc(Cn2cc(CNC)c(C)n2)n1. The van der Waals surface area contributed by atoms with Gasteiger partial charge < -0.3 is 5.32 Å². The van der Waals surface area contributed by atoms with Crippen LogP contribution in [0.4, 0.5) is 0 Å². The summed E-state index contributed by atoms with van der Waals surface area (Å²) in [6.07, 6.45) is 5.23. The third-order valence-corrected chi connectivity index (χ3v) is 3.45. The van der Waals surface area contributed by atoms with E-state index in [0.717, 1.165) is 30.9 Å². The molecule has 0 bridgehead atoms. The predicted octanol–water partition coefficient (Wildman–Crippen LogP) is 2.13. The van der Waals surface area contributed by atoms with Crippen molar-refractivity contribution in [1.29, 1.82) is 0 Å². The van der Waals surface area contributed by atoms with Gasteiger partial charge in [-0.1, -0.05) is 6.92 Å². The Bertz CT molecular complexity index is 526. The molecule has 104 valence electrons. The fourth-order valence-corrected chi connectivity index (χ4v) is 2.06. The molecule has 0 aliphatic carbocycles. The lowest BCUT2D eigenvalue weighted by molar-refractivity contribution is 0.471. The minimum atomic E-state index is 0.452. The second kappa shape index (κ2) is 6.02. The van der Waals surface area contributed by atoms with Gasteiger partial charge in [0, 0.05) is 30.5 Å². The number of aromatic nitrogens is 4. The zero-order valence-corrected chi connectivity index (χ0v) is 12.2. The van der Waals surface area contributed by atoms with Crippen LogP contribution in [0.5, 0.6) is 0 Å². The van der Waals surface area contributed by atoms with Crippen molar-refractivity contribution in [2.24, 2.45) is 0 Å². The van der Waals surface area contributed by atoms with Crippen molar-refractivity contribution in [3.63, 3.8) is 0 Å². The van der Waals surface area contributed by atoms with E-state index in [-0.39, 0.29) is 0 Å². The first kappa shape index (κ1) is 13.8.